The molecule has 21 heavy (non-hydrogen) atoms. The molecule has 0 fully saturated rings. The Kier molecular flexibility index (Phi) is 4.57. The Labute approximate surface area is 124 Å². The number of rotatable bonds is 4. The van der Waals surface area contributed by atoms with Crippen LogP contribution in [0.5, 0.6) is 5.75 Å². The third-order valence-corrected chi connectivity index (χ3v) is 2.98. The van der Waals surface area contributed by atoms with E-state index < -0.39 is 0 Å². The number of nitrogens with one attached hydrogen (secondary N) is 1. The van der Waals surface area contributed by atoms with Gasteiger partial charge in [0.15, 0.2) is 6.61 Å². The number of carbonyl (C=O) groups excluding carboxylic acids is 1. The number of carbonyl (C=O) groups is 1. The summed E-state index contributed by atoms with van der Waals surface area (Å²) in [6, 6.07) is 14.6. The highest BCUT2D eigenvalue weighted by Gasteiger charge is 2.06. The van der Waals surface area contributed by atoms with Gasteiger partial charge in [0.25, 0.3) is 5.91 Å². The molecule has 0 radical (unpaired) electrons. The Hall–Kier alpha value is -2.80. The summed E-state index contributed by atoms with van der Waals surface area (Å²) in [6.45, 7) is 3.84. The number of aryl methyl sites for hydroxylation is 2. The fraction of sp³-hybridized carbons (Fsp3) is 0.176. The van der Waals surface area contributed by atoms with Gasteiger partial charge in [0.2, 0.25) is 0 Å². The molecule has 0 aliphatic rings. The van der Waals surface area contributed by atoms with Crippen LogP contribution in [-0.2, 0) is 4.79 Å². The number of nitrogens with zero attached hydrogens (tertiary/aromatic N) is 1. The second kappa shape index (κ2) is 6.58. The molecule has 4 heteroatoms. The van der Waals surface area contributed by atoms with Crippen molar-refractivity contribution >= 4 is 11.6 Å². The predicted octanol–water partition coefficient (Wildman–Crippen LogP) is 3.19. The maximum Gasteiger partial charge on any atom is 0.262 e. The summed E-state index contributed by atoms with van der Waals surface area (Å²) >= 11 is 0. The molecule has 4 nitrogen and oxygen atoms in total. The molecule has 0 saturated heterocycles. The van der Waals surface area contributed by atoms with Crippen LogP contribution < -0.4 is 10.1 Å². The zero-order valence-corrected chi connectivity index (χ0v) is 12.0. The van der Waals surface area contributed by atoms with Crippen LogP contribution in [0.2, 0.25) is 0 Å². The van der Waals surface area contributed by atoms with Crippen molar-refractivity contribution < 1.29 is 9.53 Å². The highest BCUT2D eigenvalue weighted by Crippen LogP contribution is 2.19. The third kappa shape index (κ3) is 4.08. The van der Waals surface area contributed by atoms with E-state index in [1.807, 2.05) is 38.1 Å². The second-order valence-corrected chi connectivity index (χ2v) is 4.80. The maximum absolute atomic E-state index is 11.9. The minimum atomic E-state index is -0.258. The zero-order chi connectivity index (χ0) is 15.2. The highest BCUT2D eigenvalue weighted by atomic mass is 16.5. The van der Waals surface area contributed by atoms with E-state index in [4.69, 9.17) is 10.00 Å². The van der Waals surface area contributed by atoms with Crippen LogP contribution in [-0.4, -0.2) is 12.5 Å². The largest absolute Gasteiger partial charge is 0.483 e. The number of hydrogen-bond acceptors (Lipinski definition) is 3. The van der Waals surface area contributed by atoms with Crippen molar-refractivity contribution in [2.75, 3.05) is 11.9 Å². The van der Waals surface area contributed by atoms with Crippen molar-refractivity contribution in [3.05, 3.63) is 59.2 Å². The Balaban J connectivity index is 1.96. The topological polar surface area (TPSA) is 62.1 Å². The molecule has 0 bridgehead atoms. The Morgan fingerprint density at radius 2 is 2.05 bits per heavy atom. The van der Waals surface area contributed by atoms with Gasteiger partial charge in [-0.3, -0.25) is 4.79 Å². The molecule has 0 spiro atoms. The van der Waals surface area contributed by atoms with Crippen molar-refractivity contribution in [2.24, 2.45) is 0 Å². The first kappa shape index (κ1) is 14.6. The monoisotopic (exact) mass is 280 g/mol. The first-order valence-electron chi connectivity index (χ1n) is 6.58. The van der Waals surface area contributed by atoms with E-state index in [0.29, 0.717) is 17.0 Å². The summed E-state index contributed by atoms with van der Waals surface area (Å²) < 4.78 is 5.53. The van der Waals surface area contributed by atoms with Gasteiger partial charge in [-0.2, -0.15) is 5.26 Å². The molecule has 0 heterocycles. The Morgan fingerprint density at radius 3 is 2.81 bits per heavy atom. The normalized spacial score (nSPS) is 9.76. The smallest absolute Gasteiger partial charge is 0.262 e. The average Bonchev–Trinajstić information content (AvgIpc) is 2.48. The lowest BCUT2D eigenvalue weighted by atomic mass is 10.1. The van der Waals surface area contributed by atoms with Crippen molar-refractivity contribution in [3.63, 3.8) is 0 Å². The lowest BCUT2D eigenvalue weighted by molar-refractivity contribution is -0.118. The summed E-state index contributed by atoms with van der Waals surface area (Å²) in [5.74, 6) is 0.446. The number of benzene rings is 2. The average molecular weight is 280 g/mol. The van der Waals surface area contributed by atoms with Crippen molar-refractivity contribution in [2.45, 2.75) is 13.8 Å². The fourth-order valence-corrected chi connectivity index (χ4v) is 1.87. The van der Waals surface area contributed by atoms with Crippen LogP contribution in [0.15, 0.2) is 42.5 Å². The third-order valence-electron chi connectivity index (χ3n) is 2.98. The lowest BCUT2D eigenvalue weighted by Gasteiger charge is -2.10. The number of anilines is 1. The summed E-state index contributed by atoms with van der Waals surface area (Å²) in [5, 5.41) is 11.5. The van der Waals surface area contributed by atoms with Crippen molar-refractivity contribution in [3.8, 4) is 11.8 Å². The molecule has 2 aromatic carbocycles. The van der Waals surface area contributed by atoms with Crippen LogP contribution in [0.3, 0.4) is 0 Å². The maximum atomic E-state index is 11.9. The Morgan fingerprint density at radius 1 is 1.24 bits per heavy atom. The van der Waals surface area contributed by atoms with Gasteiger partial charge in [-0.05, 0) is 49.2 Å². The van der Waals surface area contributed by atoms with Crippen LogP contribution in [0.4, 0.5) is 5.69 Å². The molecular weight excluding hydrogens is 264 g/mol. The summed E-state index contributed by atoms with van der Waals surface area (Å²) in [6.07, 6.45) is 0. The molecule has 0 saturated carbocycles. The first-order valence-corrected chi connectivity index (χ1v) is 6.58. The molecular formula is C17H16N2O2. The molecule has 1 N–H and O–H groups in total. The second-order valence-electron chi connectivity index (χ2n) is 4.80. The molecule has 0 unspecified atom stereocenters. The minimum Gasteiger partial charge on any atom is -0.483 e. The van der Waals surface area contributed by atoms with Crippen LogP contribution >= 0.6 is 0 Å². The first-order chi connectivity index (χ1) is 10.1. The molecule has 0 atom stereocenters. The zero-order valence-electron chi connectivity index (χ0n) is 12.0. The van der Waals surface area contributed by atoms with E-state index >= 15 is 0 Å². The van der Waals surface area contributed by atoms with Gasteiger partial charge in [0, 0.05) is 5.69 Å². The molecule has 0 aromatic heterocycles. The highest BCUT2D eigenvalue weighted by molar-refractivity contribution is 5.92. The Bertz CT molecular complexity index is 702. The number of nitriles is 1. The van der Waals surface area contributed by atoms with Gasteiger partial charge in [-0.15, -0.1) is 0 Å². The van der Waals surface area contributed by atoms with Crippen molar-refractivity contribution in [1.82, 2.24) is 0 Å². The summed E-state index contributed by atoms with van der Waals surface area (Å²) in [5.41, 5.74) is 3.16. The molecule has 0 aliphatic carbocycles. The van der Waals surface area contributed by atoms with Gasteiger partial charge in [-0.1, -0.05) is 18.2 Å². The predicted molar refractivity (Wildman–Crippen MR) is 81.2 cm³/mol. The van der Waals surface area contributed by atoms with Gasteiger partial charge in [0.05, 0.1) is 11.6 Å². The number of ether oxygens (including phenoxy) is 1. The van der Waals surface area contributed by atoms with E-state index in [1.165, 1.54) is 0 Å². The van der Waals surface area contributed by atoms with E-state index in [-0.39, 0.29) is 12.5 Å². The molecule has 0 aliphatic heterocycles. The van der Waals surface area contributed by atoms with E-state index in [2.05, 4.69) is 5.32 Å². The van der Waals surface area contributed by atoms with Crippen LogP contribution in [0.1, 0.15) is 16.7 Å². The van der Waals surface area contributed by atoms with Gasteiger partial charge >= 0.3 is 0 Å². The fourth-order valence-electron chi connectivity index (χ4n) is 1.87. The van der Waals surface area contributed by atoms with Gasteiger partial charge in [0.1, 0.15) is 5.75 Å². The summed E-state index contributed by atoms with van der Waals surface area (Å²) in [7, 11) is 0. The van der Waals surface area contributed by atoms with Crippen LogP contribution in [0.25, 0.3) is 0 Å². The van der Waals surface area contributed by atoms with Gasteiger partial charge in [-0.25, -0.2) is 0 Å². The molecule has 106 valence electrons. The SMILES string of the molecule is Cc1ccc(C)c(OCC(=O)Nc2cccc(C#N)c2)c1. The molecule has 2 rings (SSSR count). The number of hydrogen-bond donors (Lipinski definition) is 1. The van der Waals surface area contributed by atoms with E-state index in [1.54, 1.807) is 24.3 Å². The van der Waals surface area contributed by atoms with E-state index in [0.717, 1.165) is 11.1 Å². The van der Waals surface area contributed by atoms with E-state index in [9.17, 15) is 4.79 Å². The molecule has 1 amide bonds. The summed E-state index contributed by atoms with van der Waals surface area (Å²) in [4.78, 5) is 11.9. The van der Waals surface area contributed by atoms with Gasteiger partial charge < -0.3 is 10.1 Å². The molecule has 2 aromatic rings. The standard InChI is InChI=1S/C17H16N2O2/c1-12-6-7-13(2)16(8-12)21-11-17(20)19-15-5-3-4-14(9-15)10-18/h3-9H,11H2,1-2H3,(H,19,20). The van der Waals surface area contributed by atoms with Crippen LogP contribution in [0, 0.1) is 25.2 Å². The minimum absolute atomic E-state index is 0.0684. The lowest BCUT2D eigenvalue weighted by Crippen LogP contribution is -2.20. The number of amides is 1. The quantitative estimate of drug-likeness (QED) is 0.935. The van der Waals surface area contributed by atoms with Crippen molar-refractivity contribution in [1.29, 1.82) is 5.26 Å².